The molecule has 1 aliphatic heterocycles. The van der Waals surface area contributed by atoms with Crippen LogP contribution in [-0.2, 0) is 11.2 Å². The summed E-state index contributed by atoms with van der Waals surface area (Å²) in [6.07, 6.45) is 2.37. The van der Waals surface area contributed by atoms with Crippen molar-refractivity contribution >= 4 is 11.6 Å². The van der Waals surface area contributed by atoms with Crippen molar-refractivity contribution in [2.24, 2.45) is 0 Å². The summed E-state index contributed by atoms with van der Waals surface area (Å²) in [7, 11) is 1.83. The molecule has 1 aliphatic rings. The average molecular weight is 368 g/mol. The molecule has 2 unspecified atom stereocenters. The van der Waals surface area contributed by atoms with Gasteiger partial charge in [0.2, 0.25) is 5.91 Å². The molecule has 1 amide bonds. The number of β-amino-alcohol motifs (C(OH)–C–C–N with tert-alkyl or cyclic N) is 1. The summed E-state index contributed by atoms with van der Waals surface area (Å²) in [5, 5.41) is 9.84. The Labute approximate surface area is 160 Å². The fraction of sp³-hybridized carbons (Fsp3) is 0.429. The Morgan fingerprint density at radius 1 is 1.37 bits per heavy atom. The van der Waals surface area contributed by atoms with E-state index in [-0.39, 0.29) is 24.5 Å². The van der Waals surface area contributed by atoms with Crippen molar-refractivity contribution in [1.29, 1.82) is 0 Å². The molecule has 2 heterocycles. The smallest absolute Gasteiger partial charge is 0.228 e. The van der Waals surface area contributed by atoms with Crippen LogP contribution in [0.2, 0.25) is 0 Å². The number of aryl methyl sites for hydroxylation is 1. The molecule has 27 heavy (non-hydrogen) atoms. The summed E-state index contributed by atoms with van der Waals surface area (Å²) < 4.78 is 0. The lowest BCUT2D eigenvalue weighted by Gasteiger charge is -2.32. The van der Waals surface area contributed by atoms with E-state index < -0.39 is 0 Å². The number of nitrogens with two attached hydrogens (primary N) is 1. The highest BCUT2D eigenvalue weighted by molar-refractivity contribution is 5.80. The van der Waals surface area contributed by atoms with Gasteiger partial charge in [-0.25, -0.2) is 0 Å². The van der Waals surface area contributed by atoms with Crippen molar-refractivity contribution in [1.82, 2.24) is 14.8 Å². The number of likely N-dealkylation sites (N-methyl/N-ethyl adjacent to an activating group) is 1. The van der Waals surface area contributed by atoms with E-state index in [0.29, 0.717) is 24.5 Å². The molecule has 1 aromatic heterocycles. The van der Waals surface area contributed by atoms with Gasteiger partial charge in [-0.2, -0.15) is 0 Å². The summed E-state index contributed by atoms with van der Waals surface area (Å²) in [6.45, 7) is 4.11. The summed E-state index contributed by atoms with van der Waals surface area (Å²) >= 11 is 0. The number of nitrogen functional groups attached to an aromatic ring is 1. The number of likely N-dealkylation sites (tertiary alicyclic amines) is 1. The zero-order chi connectivity index (χ0) is 19.4. The monoisotopic (exact) mass is 368 g/mol. The van der Waals surface area contributed by atoms with E-state index in [1.54, 1.807) is 11.1 Å². The maximum absolute atomic E-state index is 13.0. The summed E-state index contributed by atoms with van der Waals surface area (Å²) in [5.41, 5.74) is 9.31. The topological polar surface area (TPSA) is 82.7 Å². The van der Waals surface area contributed by atoms with E-state index >= 15 is 0 Å². The van der Waals surface area contributed by atoms with Gasteiger partial charge < -0.3 is 15.7 Å². The van der Waals surface area contributed by atoms with E-state index in [1.807, 2.05) is 50.4 Å². The molecule has 6 nitrogen and oxygen atoms in total. The van der Waals surface area contributed by atoms with Crippen LogP contribution in [0.15, 0.2) is 42.6 Å². The molecular formula is C21H28N4O2. The Hall–Kier alpha value is -2.44. The molecule has 2 atom stereocenters. The number of nitrogens with zero attached hydrogens (tertiary/aromatic N) is 3. The van der Waals surface area contributed by atoms with Gasteiger partial charge in [0.05, 0.1) is 29.9 Å². The summed E-state index contributed by atoms with van der Waals surface area (Å²) in [5.74, 6) is -0.0200. The van der Waals surface area contributed by atoms with Gasteiger partial charge in [0.25, 0.3) is 0 Å². The van der Waals surface area contributed by atoms with Crippen molar-refractivity contribution in [3.05, 3.63) is 59.4 Å². The minimum absolute atomic E-state index is 0.0200. The van der Waals surface area contributed by atoms with Gasteiger partial charge in [0.1, 0.15) is 0 Å². The minimum atomic E-state index is -0.279. The number of pyridine rings is 1. The highest BCUT2D eigenvalue weighted by atomic mass is 16.3. The molecule has 2 aromatic rings. The first-order chi connectivity index (χ1) is 13.0. The third kappa shape index (κ3) is 4.64. The van der Waals surface area contributed by atoms with Crippen LogP contribution in [0, 0.1) is 6.92 Å². The maximum atomic E-state index is 13.0. The van der Waals surface area contributed by atoms with Crippen molar-refractivity contribution < 1.29 is 9.90 Å². The molecule has 0 aliphatic carbocycles. The molecule has 3 rings (SSSR count). The molecular weight excluding hydrogens is 340 g/mol. The molecule has 0 spiro atoms. The average Bonchev–Trinajstić information content (AvgIpc) is 3.08. The van der Waals surface area contributed by atoms with Gasteiger partial charge >= 0.3 is 0 Å². The minimum Gasteiger partial charge on any atom is -0.397 e. The second-order valence-corrected chi connectivity index (χ2v) is 7.30. The predicted molar refractivity (Wildman–Crippen MR) is 106 cm³/mol. The highest BCUT2D eigenvalue weighted by Crippen LogP contribution is 2.24. The van der Waals surface area contributed by atoms with E-state index in [1.165, 1.54) is 0 Å². The number of benzene rings is 1. The number of carbonyl (C=O) groups excluding carboxylic acids is 1. The van der Waals surface area contributed by atoms with Gasteiger partial charge in [0.15, 0.2) is 0 Å². The maximum Gasteiger partial charge on any atom is 0.228 e. The SMILES string of the molecule is Cc1ccnc(CC(=O)N(C)C(CN2CCC(O)C2)c2ccccc2)c1N. The van der Waals surface area contributed by atoms with Gasteiger partial charge in [0, 0.05) is 32.9 Å². The van der Waals surface area contributed by atoms with Crippen molar-refractivity contribution in [2.75, 3.05) is 32.4 Å². The van der Waals surface area contributed by atoms with Crippen molar-refractivity contribution in [3.63, 3.8) is 0 Å². The number of anilines is 1. The molecule has 144 valence electrons. The van der Waals surface area contributed by atoms with E-state index in [9.17, 15) is 9.90 Å². The lowest BCUT2D eigenvalue weighted by atomic mass is 10.0. The Bertz CT molecular complexity index is 781. The Morgan fingerprint density at radius 3 is 2.78 bits per heavy atom. The lowest BCUT2D eigenvalue weighted by Crippen LogP contribution is -2.39. The van der Waals surface area contributed by atoms with Crippen molar-refractivity contribution in [3.8, 4) is 0 Å². The van der Waals surface area contributed by atoms with Crippen LogP contribution < -0.4 is 5.73 Å². The molecule has 1 fully saturated rings. The van der Waals surface area contributed by atoms with E-state index in [0.717, 1.165) is 24.1 Å². The highest BCUT2D eigenvalue weighted by Gasteiger charge is 2.28. The van der Waals surface area contributed by atoms with Gasteiger partial charge in [-0.3, -0.25) is 14.7 Å². The number of aromatic nitrogens is 1. The van der Waals surface area contributed by atoms with E-state index in [2.05, 4.69) is 9.88 Å². The summed E-state index contributed by atoms with van der Waals surface area (Å²) in [4.78, 5) is 21.3. The fourth-order valence-corrected chi connectivity index (χ4v) is 3.56. The van der Waals surface area contributed by atoms with Crippen LogP contribution in [0.3, 0.4) is 0 Å². The van der Waals surface area contributed by atoms with Crippen LogP contribution in [0.4, 0.5) is 5.69 Å². The van der Waals surface area contributed by atoms with E-state index in [4.69, 9.17) is 5.73 Å². The lowest BCUT2D eigenvalue weighted by molar-refractivity contribution is -0.131. The molecule has 6 heteroatoms. The third-order valence-electron chi connectivity index (χ3n) is 5.33. The second kappa shape index (κ2) is 8.50. The summed E-state index contributed by atoms with van der Waals surface area (Å²) in [6, 6.07) is 11.8. The zero-order valence-corrected chi connectivity index (χ0v) is 16.0. The second-order valence-electron chi connectivity index (χ2n) is 7.30. The molecule has 0 saturated carbocycles. The van der Waals surface area contributed by atoms with Gasteiger partial charge in [-0.05, 0) is 30.5 Å². The van der Waals surface area contributed by atoms with Crippen LogP contribution in [0.1, 0.15) is 29.3 Å². The van der Waals surface area contributed by atoms with Crippen LogP contribution in [0.5, 0.6) is 0 Å². The molecule has 1 aromatic carbocycles. The first-order valence-corrected chi connectivity index (χ1v) is 9.36. The standard InChI is InChI=1S/C21H28N4O2/c1-15-8-10-23-18(21(15)22)12-20(27)24(2)19(16-6-4-3-5-7-16)14-25-11-9-17(26)13-25/h3-8,10,17,19,26H,9,11-14,22H2,1-2H3. The predicted octanol–water partition coefficient (Wildman–Crippen LogP) is 1.78. The third-order valence-corrected chi connectivity index (χ3v) is 5.33. The zero-order valence-electron chi connectivity index (χ0n) is 16.0. The van der Waals surface area contributed by atoms with Crippen LogP contribution in [0.25, 0.3) is 0 Å². The number of amides is 1. The molecule has 0 bridgehead atoms. The molecule has 3 N–H and O–H groups in total. The number of aliphatic hydroxyl groups excluding tert-OH is 1. The Kier molecular flexibility index (Phi) is 6.08. The van der Waals surface area contributed by atoms with Crippen molar-refractivity contribution in [2.45, 2.75) is 31.9 Å². The molecule has 0 radical (unpaired) electrons. The van der Waals surface area contributed by atoms with Crippen LogP contribution in [-0.4, -0.2) is 58.6 Å². The Morgan fingerprint density at radius 2 is 2.11 bits per heavy atom. The Balaban J connectivity index is 1.78. The first kappa shape index (κ1) is 19.3. The van der Waals surface area contributed by atoms with Gasteiger partial charge in [-0.1, -0.05) is 30.3 Å². The molecule has 1 saturated heterocycles. The fourth-order valence-electron chi connectivity index (χ4n) is 3.56. The van der Waals surface area contributed by atoms with Gasteiger partial charge in [-0.15, -0.1) is 0 Å². The number of carbonyl (C=O) groups is 1. The first-order valence-electron chi connectivity index (χ1n) is 9.36. The van der Waals surface area contributed by atoms with Crippen LogP contribution >= 0.6 is 0 Å². The number of aliphatic hydroxyl groups is 1. The normalized spacial score (nSPS) is 18.4. The quantitative estimate of drug-likeness (QED) is 0.812. The number of hydrogen-bond acceptors (Lipinski definition) is 5. The number of rotatable bonds is 6. The number of hydrogen-bond donors (Lipinski definition) is 2. The largest absolute Gasteiger partial charge is 0.397 e.